The van der Waals surface area contributed by atoms with Crippen LogP contribution in [0.5, 0.6) is 0 Å². The van der Waals surface area contributed by atoms with E-state index in [-0.39, 0.29) is 24.0 Å². The minimum Gasteiger partial charge on any atom is -0.343 e. The van der Waals surface area contributed by atoms with E-state index in [1.54, 1.807) is 0 Å². The van der Waals surface area contributed by atoms with Crippen LogP contribution in [-0.2, 0) is 4.79 Å². The van der Waals surface area contributed by atoms with Gasteiger partial charge in [0.05, 0.1) is 0 Å². The lowest BCUT2D eigenvalue weighted by Gasteiger charge is -2.32. The first-order chi connectivity index (χ1) is 8.52. The van der Waals surface area contributed by atoms with Crippen molar-refractivity contribution in [3.05, 3.63) is 0 Å². The number of rotatable bonds is 4. The minimum atomic E-state index is -0.108. The van der Waals surface area contributed by atoms with Crippen molar-refractivity contribution in [3.8, 4) is 0 Å². The van der Waals surface area contributed by atoms with Crippen LogP contribution in [0.25, 0.3) is 0 Å². The van der Waals surface area contributed by atoms with E-state index in [2.05, 4.69) is 10.6 Å². The van der Waals surface area contributed by atoms with E-state index in [0.29, 0.717) is 6.42 Å². The molecule has 0 aromatic heterocycles. The Balaban J connectivity index is 2.27. The molecule has 0 spiro atoms. The van der Waals surface area contributed by atoms with Gasteiger partial charge in [-0.05, 0) is 33.1 Å². The number of hydrogen-bond acceptors (Lipinski definition) is 2. The van der Waals surface area contributed by atoms with Gasteiger partial charge in [0.15, 0.2) is 0 Å². The van der Waals surface area contributed by atoms with Gasteiger partial charge in [-0.1, -0.05) is 6.92 Å². The van der Waals surface area contributed by atoms with Crippen LogP contribution in [0.1, 0.15) is 46.5 Å². The second-order valence-corrected chi connectivity index (χ2v) is 5.18. The van der Waals surface area contributed by atoms with Crippen molar-refractivity contribution in [2.75, 3.05) is 13.1 Å². The molecule has 3 amide bonds. The average molecular weight is 255 g/mol. The third-order valence-electron chi connectivity index (χ3n) is 3.07. The van der Waals surface area contributed by atoms with E-state index in [9.17, 15) is 9.59 Å². The molecule has 1 aliphatic rings. The molecular weight excluding hydrogens is 230 g/mol. The van der Waals surface area contributed by atoms with Crippen molar-refractivity contribution in [1.29, 1.82) is 0 Å². The molecule has 0 aliphatic carbocycles. The zero-order valence-electron chi connectivity index (χ0n) is 11.7. The van der Waals surface area contributed by atoms with Crippen molar-refractivity contribution in [3.63, 3.8) is 0 Å². The lowest BCUT2D eigenvalue weighted by Crippen LogP contribution is -2.50. The van der Waals surface area contributed by atoms with Gasteiger partial charge in [0, 0.05) is 31.6 Å². The molecule has 104 valence electrons. The van der Waals surface area contributed by atoms with E-state index in [4.69, 9.17) is 0 Å². The van der Waals surface area contributed by atoms with Gasteiger partial charge in [-0.2, -0.15) is 0 Å². The van der Waals surface area contributed by atoms with Crippen LogP contribution in [-0.4, -0.2) is 42.0 Å². The second kappa shape index (κ2) is 7.24. The van der Waals surface area contributed by atoms with Crippen LogP contribution >= 0.6 is 0 Å². The molecule has 0 aromatic carbocycles. The summed E-state index contributed by atoms with van der Waals surface area (Å²) in [5.74, 6) is 0.239. The summed E-state index contributed by atoms with van der Waals surface area (Å²) in [6, 6.07) is 0.231. The van der Waals surface area contributed by atoms with E-state index in [1.165, 1.54) is 0 Å². The zero-order valence-corrected chi connectivity index (χ0v) is 11.7. The Hall–Kier alpha value is -1.26. The topological polar surface area (TPSA) is 61.4 Å². The van der Waals surface area contributed by atoms with Crippen molar-refractivity contribution in [2.45, 2.75) is 58.5 Å². The Bertz CT molecular complexity index is 284. The molecule has 5 heteroatoms. The van der Waals surface area contributed by atoms with E-state index < -0.39 is 0 Å². The summed E-state index contributed by atoms with van der Waals surface area (Å²) in [4.78, 5) is 25.1. The first-order valence-electron chi connectivity index (χ1n) is 6.87. The molecule has 1 aliphatic heterocycles. The Morgan fingerprint density at radius 1 is 1.28 bits per heavy atom. The highest BCUT2D eigenvalue weighted by Crippen LogP contribution is 2.11. The normalized spacial score (nSPS) is 16.8. The van der Waals surface area contributed by atoms with Gasteiger partial charge in [-0.3, -0.25) is 4.79 Å². The minimum absolute atomic E-state index is 0.108. The summed E-state index contributed by atoms with van der Waals surface area (Å²) in [5.41, 5.74) is 0. The summed E-state index contributed by atoms with van der Waals surface area (Å²) in [5, 5.41) is 5.77. The lowest BCUT2D eigenvalue weighted by atomic mass is 10.0. The van der Waals surface area contributed by atoms with Gasteiger partial charge in [0.2, 0.25) is 5.91 Å². The maximum Gasteiger partial charge on any atom is 0.315 e. The molecule has 0 bridgehead atoms. The highest BCUT2D eigenvalue weighted by atomic mass is 16.2. The summed E-state index contributed by atoms with van der Waals surface area (Å²) in [7, 11) is 0. The summed E-state index contributed by atoms with van der Waals surface area (Å²) in [6.07, 6.45) is 3.22. The van der Waals surface area contributed by atoms with Crippen molar-refractivity contribution in [2.24, 2.45) is 0 Å². The Morgan fingerprint density at radius 3 is 2.39 bits per heavy atom. The van der Waals surface area contributed by atoms with Gasteiger partial charge >= 0.3 is 6.03 Å². The molecule has 0 saturated carbocycles. The SMILES string of the molecule is CCCC(=O)N1CCC(NC(=O)NC(C)C)CC1. The van der Waals surface area contributed by atoms with Crippen LogP contribution in [0.3, 0.4) is 0 Å². The molecule has 1 rings (SSSR count). The zero-order chi connectivity index (χ0) is 13.5. The molecule has 5 nitrogen and oxygen atoms in total. The number of piperidine rings is 1. The predicted molar refractivity (Wildman–Crippen MR) is 71.3 cm³/mol. The maximum absolute atomic E-state index is 11.7. The largest absolute Gasteiger partial charge is 0.343 e. The number of carbonyl (C=O) groups excluding carboxylic acids is 2. The van der Waals surface area contributed by atoms with Crippen LogP contribution in [0.4, 0.5) is 4.79 Å². The Morgan fingerprint density at radius 2 is 1.89 bits per heavy atom. The fourth-order valence-electron chi connectivity index (χ4n) is 2.13. The van der Waals surface area contributed by atoms with Crippen LogP contribution in [0.2, 0.25) is 0 Å². The Labute approximate surface area is 109 Å². The first kappa shape index (κ1) is 14.8. The fourth-order valence-corrected chi connectivity index (χ4v) is 2.13. The van der Waals surface area contributed by atoms with Crippen LogP contribution < -0.4 is 10.6 Å². The van der Waals surface area contributed by atoms with Crippen molar-refractivity contribution >= 4 is 11.9 Å². The molecule has 0 atom stereocenters. The Kier molecular flexibility index (Phi) is 5.95. The van der Waals surface area contributed by atoms with E-state index in [1.807, 2.05) is 25.7 Å². The number of nitrogens with zero attached hydrogens (tertiary/aromatic N) is 1. The molecular formula is C13H25N3O2. The summed E-state index contributed by atoms with van der Waals surface area (Å²) >= 11 is 0. The number of urea groups is 1. The number of carbonyl (C=O) groups is 2. The standard InChI is InChI=1S/C13H25N3O2/c1-4-5-12(17)16-8-6-11(7-9-16)15-13(18)14-10(2)3/h10-11H,4-9H2,1-3H3,(H2,14,15,18). The molecule has 18 heavy (non-hydrogen) atoms. The van der Waals surface area contributed by atoms with Crippen LogP contribution in [0.15, 0.2) is 0 Å². The monoisotopic (exact) mass is 255 g/mol. The van der Waals surface area contributed by atoms with Crippen LogP contribution in [0, 0.1) is 0 Å². The fraction of sp³-hybridized carbons (Fsp3) is 0.846. The van der Waals surface area contributed by atoms with Gasteiger partial charge in [-0.15, -0.1) is 0 Å². The third-order valence-corrected chi connectivity index (χ3v) is 3.07. The number of likely N-dealkylation sites (tertiary alicyclic amines) is 1. The second-order valence-electron chi connectivity index (χ2n) is 5.18. The van der Waals surface area contributed by atoms with Crippen molar-refractivity contribution < 1.29 is 9.59 Å². The molecule has 1 heterocycles. The summed E-state index contributed by atoms with van der Waals surface area (Å²) < 4.78 is 0. The van der Waals surface area contributed by atoms with Crippen molar-refractivity contribution in [1.82, 2.24) is 15.5 Å². The molecule has 0 aromatic rings. The average Bonchev–Trinajstić information content (AvgIpc) is 2.29. The first-order valence-corrected chi connectivity index (χ1v) is 6.87. The predicted octanol–water partition coefficient (Wildman–Crippen LogP) is 1.49. The number of hydrogen-bond donors (Lipinski definition) is 2. The van der Waals surface area contributed by atoms with Gasteiger partial charge < -0.3 is 15.5 Å². The molecule has 0 radical (unpaired) electrons. The highest BCUT2D eigenvalue weighted by Gasteiger charge is 2.23. The van der Waals surface area contributed by atoms with E-state index >= 15 is 0 Å². The quantitative estimate of drug-likeness (QED) is 0.799. The molecule has 2 N–H and O–H groups in total. The van der Waals surface area contributed by atoms with Gasteiger partial charge in [0.1, 0.15) is 0 Å². The van der Waals surface area contributed by atoms with E-state index in [0.717, 1.165) is 32.4 Å². The summed E-state index contributed by atoms with van der Waals surface area (Å²) in [6.45, 7) is 7.40. The van der Waals surface area contributed by atoms with Gasteiger partial charge in [0.25, 0.3) is 0 Å². The lowest BCUT2D eigenvalue weighted by molar-refractivity contribution is -0.132. The third kappa shape index (κ3) is 4.94. The number of nitrogens with one attached hydrogen (secondary N) is 2. The van der Waals surface area contributed by atoms with Gasteiger partial charge in [-0.25, -0.2) is 4.79 Å². The highest BCUT2D eigenvalue weighted by molar-refractivity contribution is 5.76. The smallest absolute Gasteiger partial charge is 0.315 e. The molecule has 0 unspecified atom stereocenters. The molecule has 1 fully saturated rings. The molecule has 1 saturated heterocycles. The number of amides is 3. The maximum atomic E-state index is 11.7.